The van der Waals surface area contributed by atoms with Crippen LogP contribution in [0.25, 0.3) is 33.3 Å². The Morgan fingerprint density at radius 3 is 2.38 bits per heavy atom. The average Bonchev–Trinajstić information content (AvgIpc) is 3.07. The first-order valence-corrected chi connectivity index (χ1v) is 9.17. The van der Waals surface area contributed by atoms with Crippen LogP contribution in [0.5, 0.6) is 0 Å². The SMILES string of the molecule is NCCCCc1c(-c2ccncc2)[nH]c2ccc(-c3ccccc3)cc12. The number of nitrogens with two attached hydrogens (primary N) is 1. The summed E-state index contributed by atoms with van der Waals surface area (Å²) in [5.41, 5.74) is 13.1. The summed E-state index contributed by atoms with van der Waals surface area (Å²) in [5.74, 6) is 0. The summed E-state index contributed by atoms with van der Waals surface area (Å²) in [7, 11) is 0. The molecule has 130 valence electrons. The zero-order valence-corrected chi connectivity index (χ0v) is 14.8. The third-order valence-corrected chi connectivity index (χ3v) is 4.86. The zero-order chi connectivity index (χ0) is 17.8. The van der Waals surface area contributed by atoms with E-state index in [1.165, 1.54) is 38.9 Å². The molecule has 2 aromatic carbocycles. The molecule has 0 aliphatic carbocycles. The third-order valence-electron chi connectivity index (χ3n) is 4.86. The van der Waals surface area contributed by atoms with Crippen molar-refractivity contribution < 1.29 is 0 Å². The number of fused-ring (bicyclic) bond motifs is 1. The largest absolute Gasteiger partial charge is 0.354 e. The molecule has 0 bridgehead atoms. The first kappa shape index (κ1) is 16.6. The van der Waals surface area contributed by atoms with Gasteiger partial charge in [0.15, 0.2) is 0 Å². The predicted octanol–water partition coefficient (Wildman–Crippen LogP) is 5.18. The molecule has 0 amide bonds. The van der Waals surface area contributed by atoms with Gasteiger partial charge in [-0.05, 0) is 66.8 Å². The van der Waals surface area contributed by atoms with Crippen molar-refractivity contribution in [2.24, 2.45) is 5.73 Å². The number of aryl methyl sites for hydroxylation is 1. The summed E-state index contributed by atoms with van der Waals surface area (Å²) in [6, 6.07) is 21.4. The number of aromatic nitrogens is 2. The van der Waals surface area contributed by atoms with Gasteiger partial charge in [-0.25, -0.2) is 0 Å². The van der Waals surface area contributed by atoms with E-state index in [-0.39, 0.29) is 0 Å². The summed E-state index contributed by atoms with van der Waals surface area (Å²) < 4.78 is 0. The fourth-order valence-corrected chi connectivity index (χ4v) is 3.53. The van der Waals surface area contributed by atoms with Gasteiger partial charge < -0.3 is 10.7 Å². The number of hydrogen-bond donors (Lipinski definition) is 2. The highest BCUT2D eigenvalue weighted by Crippen LogP contribution is 2.34. The number of pyridine rings is 1. The molecule has 0 aliphatic heterocycles. The van der Waals surface area contributed by atoms with Crippen molar-refractivity contribution in [1.29, 1.82) is 0 Å². The second-order valence-corrected chi connectivity index (χ2v) is 6.59. The van der Waals surface area contributed by atoms with Crippen molar-refractivity contribution >= 4 is 10.9 Å². The lowest BCUT2D eigenvalue weighted by Crippen LogP contribution is -1.99. The second-order valence-electron chi connectivity index (χ2n) is 6.59. The van der Waals surface area contributed by atoms with Crippen LogP contribution in [0.3, 0.4) is 0 Å². The normalized spacial score (nSPS) is 11.1. The molecule has 2 heterocycles. The molecule has 0 unspecified atom stereocenters. The number of nitrogens with one attached hydrogen (secondary N) is 1. The van der Waals surface area contributed by atoms with Crippen LogP contribution in [0.1, 0.15) is 18.4 Å². The fraction of sp³-hybridized carbons (Fsp3) is 0.174. The number of hydrogen-bond acceptors (Lipinski definition) is 2. The summed E-state index contributed by atoms with van der Waals surface area (Å²) in [6.45, 7) is 0.738. The van der Waals surface area contributed by atoms with E-state index in [9.17, 15) is 0 Å². The maximum absolute atomic E-state index is 5.71. The van der Waals surface area contributed by atoms with Gasteiger partial charge in [-0.3, -0.25) is 4.98 Å². The van der Waals surface area contributed by atoms with Gasteiger partial charge in [-0.1, -0.05) is 36.4 Å². The molecule has 0 saturated heterocycles. The van der Waals surface area contributed by atoms with Crippen molar-refractivity contribution in [3.63, 3.8) is 0 Å². The highest BCUT2D eigenvalue weighted by molar-refractivity contribution is 5.93. The van der Waals surface area contributed by atoms with E-state index in [1.807, 2.05) is 12.4 Å². The van der Waals surface area contributed by atoms with Crippen molar-refractivity contribution in [2.75, 3.05) is 6.54 Å². The minimum absolute atomic E-state index is 0.738. The van der Waals surface area contributed by atoms with Gasteiger partial charge in [-0.2, -0.15) is 0 Å². The molecule has 3 heteroatoms. The van der Waals surface area contributed by atoms with Crippen molar-refractivity contribution in [3.8, 4) is 22.4 Å². The quantitative estimate of drug-likeness (QED) is 0.475. The van der Waals surface area contributed by atoms with E-state index >= 15 is 0 Å². The van der Waals surface area contributed by atoms with Crippen LogP contribution in [0.15, 0.2) is 73.1 Å². The minimum atomic E-state index is 0.738. The highest BCUT2D eigenvalue weighted by atomic mass is 14.7. The van der Waals surface area contributed by atoms with Gasteiger partial charge in [-0.15, -0.1) is 0 Å². The van der Waals surface area contributed by atoms with E-state index in [0.29, 0.717) is 0 Å². The number of nitrogens with zero attached hydrogens (tertiary/aromatic N) is 1. The summed E-state index contributed by atoms with van der Waals surface area (Å²) in [6.07, 6.45) is 6.85. The van der Waals surface area contributed by atoms with Gasteiger partial charge in [0.1, 0.15) is 0 Å². The summed E-state index contributed by atoms with van der Waals surface area (Å²) in [4.78, 5) is 7.78. The lowest BCUT2D eigenvalue weighted by Gasteiger charge is -2.06. The number of H-pyrrole nitrogens is 1. The molecule has 0 saturated carbocycles. The lowest BCUT2D eigenvalue weighted by molar-refractivity contribution is 0.748. The van der Waals surface area contributed by atoms with Gasteiger partial charge >= 0.3 is 0 Å². The molecular formula is C23H23N3. The Morgan fingerprint density at radius 1 is 0.808 bits per heavy atom. The Balaban J connectivity index is 1.84. The molecule has 4 rings (SSSR count). The van der Waals surface area contributed by atoms with Crippen molar-refractivity contribution in [1.82, 2.24) is 9.97 Å². The number of rotatable bonds is 6. The first-order chi connectivity index (χ1) is 12.9. The van der Waals surface area contributed by atoms with E-state index < -0.39 is 0 Å². The van der Waals surface area contributed by atoms with Crippen LogP contribution in [0, 0.1) is 0 Å². The molecule has 0 atom stereocenters. The smallest absolute Gasteiger partial charge is 0.0498 e. The van der Waals surface area contributed by atoms with Gasteiger partial charge in [0, 0.05) is 34.6 Å². The van der Waals surface area contributed by atoms with E-state index in [1.54, 1.807) is 0 Å². The zero-order valence-electron chi connectivity index (χ0n) is 14.8. The molecule has 3 nitrogen and oxygen atoms in total. The molecule has 0 fully saturated rings. The van der Waals surface area contributed by atoms with Crippen LogP contribution in [0.4, 0.5) is 0 Å². The lowest BCUT2D eigenvalue weighted by atomic mass is 9.98. The Kier molecular flexibility index (Phi) is 4.80. The fourth-order valence-electron chi connectivity index (χ4n) is 3.53. The van der Waals surface area contributed by atoms with E-state index in [2.05, 4.69) is 70.6 Å². The van der Waals surface area contributed by atoms with Gasteiger partial charge in [0.05, 0.1) is 0 Å². The topological polar surface area (TPSA) is 54.7 Å². The van der Waals surface area contributed by atoms with Crippen LogP contribution >= 0.6 is 0 Å². The maximum atomic E-state index is 5.71. The summed E-state index contributed by atoms with van der Waals surface area (Å²) >= 11 is 0. The molecule has 3 N–H and O–H groups in total. The van der Waals surface area contributed by atoms with Crippen LogP contribution in [0.2, 0.25) is 0 Å². The Morgan fingerprint density at radius 2 is 1.62 bits per heavy atom. The Hall–Kier alpha value is -2.91. The van der Waals surface area contributed by atoms with Gasteiger partial charge in [0.2, 0.25) is 0 Å². The molecule has 2 aromatic heterocycles. The molecule has 0 spiro atoms. The van der Waals surface area contributed by atoms with Crippen molar-refractivity contribution in [2.45, 2.75) is 19.3 Å². The molecular weight excluding hydrogens is 318 g/mol. The standard InChI is InChI=1S/C23H23N3/c24-13-5-4-8-20-21-16-19(17-6-2-1-3-7-17)9-10-22(21)26-23(20)18-11-14-25-15-12-18/h1-3,6-7,9-12,14-16,26H,4-5,8,13,24H2. The third kappa shape index (κ3) is 3.26. The first-order valence-electron chi connectivity index (χ1n) is 9.17. The molecule has 4 aromatic rings. The van der Waals surface area contributed by atoms with E-state index in [4.69, 9.17) is 5.73 Å². The number of benzene rings is 2. The van der Waals surface area contributed by atoms with Crippen molar-refractivity contribution in [3.05, 3.63) is 78.6 Å². The van der Waals surface area contributed by atoms with E-state index in [0.717, 1.165) is 25.8 Å². The minimum Gasteiger partial charge on any atom is -0.354 e. The average molecular weight is 341 g/mol. The van der Waals surface area contributed by atoms with Gasteiger partial charge in [0.25, 0.3) is 0 Å². The number of aromatic amines is 1. The highest BCUT2D eigenvalue weighted by Gasteiger charge is 2.14. The second kappa shape index (κ2) is 7.54. The van der Waals surface area contributed by atoms with Crippen LogP contribution in [-0.2, 0) is 6.42 Å². The maximum Gasteiger partial charge on any atom is 0.0498 e. The Bertz CT molecular complexity index is 988. The Labute approximate surface area is 153 Å². The van der Waals surface area contributed by atoms with Crippen LogP contribution < -0.4 is 5.73 Å². The molecule has 0 radical (unpaired) electrons. The molecule has 26 heavy (non-hydrogen) atoms. The van der Waals surface area contributed by atoms with Crippen LogP contribution in [-0.4, -0.2) is 16.5 Å². The summed E-state index contributed by atoms with van der Waals surface area (Å²) in [5, 5.41) is 1.30. The molecule has 0 aliphatic rings. The number of unbranched alkanes of at least 4 members (excludes halogenated alkanes) is 1. The predicted molar refractivity (Wildman–Crippen MR) is 109 cm³/mol. The monoisotopic (exact) mass is 341 g/mol.